The predicted molar refractivity (Wildman–Crippen MR) is 77.2 cm³/mol. The third kappa shape index (κ3) is 4.22. The van der Waals surface area contributed by atoms with Crippen LogP contribution in [-0.2, 0) is 0 Å². The first kappa shape index (κ1) is 14.8. The maximum atomic E-state index is 11.1. The Bertz CT molecular complexity index is 407. The summed E-state index contributed by atoms with van der Waals surface area (Å²) >= 11 is 6.01. The maximum absolute atomic E-state index is 11.1. The first-order valence-corrected chi connectivity index (χ1v) is 6.82. The minimum atomic E-state index is -0.496. The fourth-order valence-corrected chi connectivity index (χ4v) is 2.14. The van der Waals surface area contributed by atoms with E-state index < -0.39 is 5.91 Å². The molecular formula is C14H21ClN2O. The SMILES string of the molecule is CCCCC(CC)Nc1ccc(C(N)=O)c(Cl)c1. The minimum Gasteiger partial charge on any atom is -0.382 e. The summed E-state index contributed by atoms with van der Waals surface area (Å²) in [6.07, 6.45) is 4.61. The third-order valence-corrected chi connectivity index (χ3v) is 3.32. The van der Waals surface area contributed by atoms with Crippen molar-refractivity contribution < 1.29 is 4.79 Å². The van der Waals surface area contributed by atoms with Crippen LogP contribution in [0.3, 0.4) is 0 Å². The molecule has 1 aromatic carbocycles. The van der Waals surface area contributed by atoms with E-state index in [9.17, 15) is 4.79 Å². The Morgan fingerprint density at radius 3 is 2.67 bits per heavy atom. The number of anilines is 1. The topological polar surface area (TPSA) is 55.1 Å². The largest absolute Gasteiger partial charge is 0.382 e. The van der Waals surface area contributed by atoms with Crippen molar-refractivity contribution in [1.29, 1.82) is 0 Å². The van der Waals surface area contributed by atoms with Gasteiger partial charge in [-0.15, -0.1) is 0 Å². The van der Waals surface area contributed by atoms with Crippen LogP contribution in [0, 0.1) is 0 Å². The molecule has 0 saturated heterocycles. The van der Waals surface area contributed by atoms with E-state index in [1.807, 2.05) is 6.07 Å². The number of benzene rings is 1. The average Bonchev–Trinajstić information content (AvgIpc) is 2.34. The number of rotatable bonds is 7. The molecule has 0 aliphatic heterocycles. The molecule has 0 heterocycles. The van der Waals surface area contributed by atoms with Crippen molar-refractivity contribution in [2.75, 3.05) is 5.32 Å². The van der Waals surface area contributed by atoms with Gasteiger partial charge in [-0.2, -0.15) is 0 Å². The number of hydrogen-bond acceptors (Lipinski definition) is 2. The Kier molecular flexibility index (Phi) is 5.99. The molecule has 3 nitrogen and oxygen atoms in total. The zero-order valence-electron chi connectivity index (χ0n) is 11.0. The summed E-state index contributed by atoms with van der Waals surface area (Å²) < 4.78 is 0. The van der Waals surface area contributed by atoms with E-state index in [1.54, 1.807) is 12.1 Å². The van der Waals surface area contributed by atoms with Crippen molar-refractivity contribution in [2.45, 2.75) is 45.6 Å². The normalized spacial score (nSPS) is 12.2. The highest BCUT2D eigenvalue weighted by molar-refractivity contribution is 6.34. The zero-order chi connectivity index (χ0) is 13.5. The van der Waals surface area contributed by atoms with Crippen LogP contribution in [0.15, 0.2) is 18.2 Å². The van der Waals surface area contributed by atoms with Gasteiger partial charge in [0, 0.05) is 11.7 Å². The molecule has 0 bridgehead atoms. The summed E-state index contributed by atoms with van der Waals surface area (Å²) in [4.78, 5) is 11.1. The molecule has 0 fully saturated rings. The van der Waals surface area contributed by atoms with E-state index in [4.69, 9.17) is 17.3 Å². The van der Waals surface area contributed by atoms with Crippen molar-refractivity contribution in [3.63, 3.8) is 0 Å². The Labute approximate surface area is 114 Å². The van der Waals surface area contributed by atoms with Crippen LogP contribution in [0.5, 0.6) is 0 Å². The van der Waals surface area contributed by atoms with Gasteiger partial charge in [0.15, 0.2) is 0 Å². The molecular weight excluding hydrogens is 248 g/mol. The lowest BCUT2D eigenvalue weighted by atomic mass is 10.1. The second-order valence-electron chi connectivity index (χ2n) is 4.45. The molecule has 1 unspecified atom stereocenters. The molecule has 0 aromatic heterocycles. The second-order valence-corrected chi connectivity index (χ2v) is 4.86. The Balaban J connectivity index is 2.72. The lowest BCUT2D eigenvalue weighted by molar-refractivity contribution is 0.100. The van der Waals surface area contributed by atoms with Crippen LogP contribution in [0.4, 0.5) is 5.69 Å². The number of hydrogen-bond donors (Lipinski definition) is 2. The smallest absolute Gasteiger partial charge is 0.250 e. The van der Waals surface area contributed by atoms with Crippen LogP contribution in [-0.4, -0.2) is 11.9 Å². The van der Waals surface area contributed by atoms with E-state index in [0.29, 0.717) is 16.6 Å². The quantitative estimate of drug-likeness (QED) is 0.790. The third-order valence-electron chi connectivity index (χ3n) is 3.00. The van der Waals surface area contributed by atoms with Gasteiger partial charge in [0.1, 0.15) is 0 Å². The molecule has 3 N–H and O–H groups in total. The molecule has 4 heteroatoms. The summed E-state index contributed by atoms with van der Waals surface area (Å²) in [6.45, 7) is 4.35. The van der Waals surface area contributed by atoms with Crippen molar-refractivity contribution in [3.8, 4) is 0 Å². The highest BCUT2D eigenvalue weighted by atomic mass is 35.5. The molecule has 1 aromatic rings. The standard InChI is InChI=1S/C14H21ClN2O/c1-3-5-6-10(4-2)17-11-7-8-12(14(16)18)13(15)9-11/h7-10,17H,3-6H2,1-2H3,(H2,16,18). The van der Waals surface area contributed by atoms with Crippen LogP contribution in [0.25, 0.3) is 0 Å². The predicted octanol–water partition coefficient (Wildman–Crippen LogP) is 3.82. The molecule has 0 spiro atoms. The van der Waals surface area contributed by atoms with Gasteiger partial charge in [0.25, 0.3) is 0 Å². The molecule has 1 rings (SSSR count). The van der Waals surface area contributed by atoms with Gasteiger partial charge in [0.2, 0.25) is 5.91 Å². The summed E-state index contributed by atoms with van der Waals surface area (Å²) in [5.41, 5.74) is 6.52. The molecule has 0 aliphatic rings. The summed E-state index contributed by atoms with van der Waals surface area (Å²) in [6, 6.07) is 5.72. The number of amides is 1. The zero-order valence-corrected chi connectivity index (χ0v) is 11.8. The van der Waals surface area contributed by atoms with Gasteiger partial charge in [0.05, 0.1) is 10.6 Å². The van der Waals surface area contributed by atoms with Crippen molar-refractivity contribution in [3.05, 3.63) is 28.8 Å². The van der Waals surface area contributed by atoms with Crippen molar-refractivity contribution in [2.24, 2.45) is 5.73 Å². The molecule has 0 aliphatic carbocycles. The van der Waals surface area contributed by atoms with E-state index >= 15 is 0 Å². The molecule has 100 valence electrons. The molecule has 0 radical (unpaired) electrons. The Morgan fingerprint density at radius 2 is 2.17 bits per heavy atom. The summed E-state index contributed by atoms with van der Waals surface area (Å²) in [5, 5.41) is 3.83. The number of halogens is 1. The Morgan fingerprint density at radius 1 is 1.44 bits per heavy atom. The highest BCUT2D eigenvalue weighted by Crippen LogP contribution is 2.22. The monoisotopic (exact) mass is 268 g/mol. The van der Waals surface area contributed by atoms with E-state index in [0.717, 1.165) is 18.5 Å². The fraction of sp³-hybridized carbons (Fsp3) is 0.500. The number of carbonyl (C=O) groups is 1. The molecule has 0 saturated carbocycles. The van der Waals surface area contributed by atoms with E-state index in [2.05, 4.69) is 19.2 Å². The summed E-state index contributed by atoms with van der Waals surface area (Å²) in [5.74, 6) is -0.496. The van der Waals surface area contributed by atoms with Gasteiger partial charge in [-0.3, -0.25) is 4.79 Å². The number of carbonyl (C=O) groups excluding carboxylic acids is 1. The lowest BCUT2D eigenvalue weighted by Crippen LogP contribution is -2.18. The number of unbranched alkanes of at least 4 members (excludes halogenated alkanes) is 1. The number of primary amides is 1. The molecule has 1 atom stereocenters. The van der Waals surface area contributed by atoms with Crippen molar-refractivity contribution in [1.82, 2.24) is 0 Å². The minimum absolute atomic E-state index is 0.365. The van der Waals surface area contributed by atoms with Crippen molar-refractivity contribution >= 4 is 23.2 Å². The second kappa shape index (κ2) is 7.27. The average molecular weight is 269 g/mol. The molecule has 1 amide bonds. The van der Waals surface area contributed by atoms with Crippen LogP contribution in [0.2, 0.25) is 5.02 Å². The fourth-order valence-electron chi connectivity index (χ4n) is 1.87. The summed E-state index contributed by atoms with van der Waals surface area (Å²) in [7, 11) is 0. The van der Waals surface area contributed by atoms with Gasteiger partial charge in [-0.25, -0.2) is 0 Å². The van der Waals surface area contributed by atoms with E-state index in [1.165, 1.54) is 12.8 Å². The maximum Gasteiger partial charge on any atom is 0.250 e. The van der Waals surface area contributed by atoms with Crippen LogP contribution in [0.1, 0.15) is 49.9 Å². The van der Waals surface area contributed by atoms with Gasteiger partial charge >= 0.3 is 0 Å². The number of nitrogens with one attached hydrogen (secondary N) is 1. The number of nitrogens with two attached hydrogens (primary N) is 1. The molecule has 18 heavy (non-hydrogen) atoms. The van der Waals surface area contributed by atoms with Gasteiger partial charge in [-0.1, -0.05) is 38.3 Å². The van der Waals surface area contributed by atoms with Gasteiger partial charge < -0.3 is 11.1 Å². The highest BCUT2D eigenvalue weighted by Gasteiger charge is 2.09. The first-order valence-electron chi connectivity index (χ1n) is 6.44. The first-order chi connectivity index (χ1) is 8.58. The van der Waals surface area contributed by atoms with Crippen LogP contribution < -0.4 is 11.1 Å². The van der Waals surface area contributed by atoms with E-state index in [-0.39, 0.29) is 0 Å². The lowest BCUT2D eigenvalue weighted by Gasteiger charge is -2.18. The van der Waals surface area contributed by atoms with Gasteiger partial charge in [-0.05, 0) is 31.0 Å². The Hall–Kier alpha value is -1.22. The van der Waals surface area contributed by atoms with Crippen LogP contribution >= 0.6 is 11.6 Å².